The summed E-state index contributed by atoms with van der Waals surface area (Å²) >= 11 is 0. The highest BCUT2D eigenvalue weighted by Gasteiger charge is 2.28. The van der Waals surface area contributed by atoms with Crippen LogP contribution in [0.5, 0.6) is 5.75 Å². The first kappa shape index (κ1) is 14.5. The minimum Gasteiger partial charge on any atom is -0.492 e. The van der Waals surface area contributed by atoms with E-state index in [9.17, 15) is 9.90 Å². The molecule has 0 amide bonds. The van der Waals surface area contributed by atoms with Crippen molar-refractivity contribution in [2.75, 3.05) is 6.61 Å². The number of benzene rings is 1. The summed E-state index contributed by atoms with van der Waals surface area (Å²) in [4.78, 5) is 10.9. The number of hydrogen-bond donors (Lipinski definition) is 2. The summed E-state index contributed by atoms with van der Waals surface area (Å²) in [5.41, 5.74) is -0.0796. The van der Waals surface area contributed by atoms with Crippen molar-refractivity contribution in [2.24, 2.45) is 5.41 Å². The fourth-order valence-electron chi connectivity index (χ4n) is 1.35. The van der Waals surface area contributed by atoms with E-state index < -0.39 is 17.5 Å². The first-order chi connectivity index (χ1) is 8.36. The Bertz CT molecular complexity index is 395. The summed E-state index contributed by atoms with van der Waals surface area (Å²) in [7, 11) is 0. The number of aliphatic hydroxyl groups excluding tert-OH is 1. The lowest BCUT2D eigenvalue weighted by atomic mass is 9.95. The Balaban J connectivity index is 2.62. The van der Waals surface area contributed by atoms with Crippen molar-refractivity contribution in [3.05, 3.63) is 29.8 Å². The Morgan fingerprint density at radius 2 is 1.89 bits per heavy atom. The van der Waals surface area contributed by atoms with Gasteiger partial charge in [0.25, 0.3) is 0 Å². The van der Waals surface area contributed by atoms with Gasteiger partial charge in [-0.1, -0.05) is 19.1 Å². The van der Waals surface area contributed by atoms with Gasteiger partial charge in [-0.05, 0) is 38.0 Å². The number of rotatable bonds is 6. The lowest BCUT2D eigenvalue weighted by molar-refractivity contribution is -0.148. The maximum absolute atomic E-state index is 10.9. The summed E-state index contributed by atoms with van der Waals surface area (Å²) in [5, 5.41) is 18.6. The Hall–Kier alpha value is -1.55. The average Bonchev–Trinajstić information content (AvgIpc) is 2.36. The second kappa shape index (κ2) is 5.87. The molecular formula is C14H20O4. The van der Waals surface area contributed by atoms with Crippen molar-refractivity contribution in [3.63, 3.8) is 0 Å². The summed E-state index contributed by atoms with van der Waals surface area (Å²) in [5.74, 6) is -0.281. The molecule has 0 aliphatic heterocycles. The van der Waals surface area contributed by atoms with Gasteiger partial charge in [-0.2, -0.15) is 0 Å². The molecule has 2 N–H and O–H groups in total. The largest absolute Gasteiger partial charge is 0.492 e. The standard InChI is InChI=1S/C14H20O4/c1-4-12(15)10-5-7-11(8-6-10)18-9-14(2,3)13(16)17/h5-8,12,15H,4,9H2,1-3H3,(H,16,17)/t12-/m0/s1. The molecule has 18 heavy (non-hydrogen) atoms. The van der Waals surface area contributed by atoms with Crippen molar-refractivity contribution < 1.29 is 19.7 Å². The third kappa shape index (κ3) is 3.74. The van der Waals surface area contributed by atoms with E-state index in [-0.39, 0.29) is 6.61 Å². The van der Waals surface area contributed by atoms with Crippen molar-refractivity contribution in [1.82, 2.24) is 0 Å². The van der Waals surface area contributed by atoms with Crippen LogP contribution in [0, 0.1) is 5.41 Å². The van der Waals surface area contributed by atoms with Gasteiger partial charge in [-0.25, -0.2) is 0 Å². The van der Waals surface area contributed by atoms with Gasteiger partial charge in [0, 0.05) is 0 Å². The molecule has 0 bridgehead atoms. The van der Waals surface area contributed by atoms with Crippen molar-refractivity contribution in [1.29, 1.82) is 0 Å². The maximum atomic E-state index is 10.9. The van der Waals surface area contributed by atoms with Gasteiger partial charge >= 0.3 is 5.97 Å². The molecule has 0 heterocycles. The first-order valence-corrected chi connectivity index (χ1v) is 6.01. The van der Waals surface area contributed by atoms with E-state index in [0.717, 1.165) is 5.56 Å². The van der Waals surface area contributed by atoms with Gasteiger partial charge in [0.1, 0.15) is 12.4 Å². The average molecular weight is 252 g/mol. The molecule has 1 aromatic carbocycles. The molecule has 0 aliphatic carbocycles. The SMILES string of the molecule is CC[C@H](O)c1ccc(OCC(C)(C)C(=O)O)cc1. The van der Waals surface area contributed by atoms with Crippen LogP contribution in [-0.2, 0) is 4.79 Å². The molecule has 0 aliphatic rings. The van der Waals surface area contributed by atoms with Gasteiger partial charge < -0.3 is 14.9 Å². The molecule has 4 heteroatoms. The van der Waals surface area contributed by atoms with E-state index in [1.54, 1.807) is 38.1 Å². The molecule has 4 nitrogen and oxygen atoms in total. The zero-order chi connectivity index (χ0) is 13.8. The zero-order valence-corrected chi connectivity index (χ0v) is 11.0. The Morgan fingerprint density at radius 3 is 2.33 bits per heavy atom. The van der Waals surface area contributed by atoms with E-state index in [1.807, 2.05) is 6.92 Å². The number of carboxylic acids is 1. The van der Waals surface area contributed by atoms with Crippen molar-refractivity contribution >= 4 is 5.97 Å². The van der Waals surface area contributed by atoms with Crippen LogP contribution >= 0.6 is 0 Å². The van der Waals surface area contributed by atoms with Crippen molar-refractivity contribution in [3.8, 4) is 5.75 Å². The number of hydrogen-bond acceptors (Lipinski definition) is 3. The van der Waals surface area contributed by atoms with Crippen LogP contribution in [-0.4, -0.2) is 22.8 Å². The Labute approximate surface area is 107 Å². The highest BCUT2D eigenvalue weighted by atomic mass is 16.5. The maximum Gasteiger partial charge on any atom is 0.312 e. The summed E-state index contributed by atoms with van der Waals surface area (Å²) in [6.45, 7) is 5.25. The van der Waals surface area contributed by atoms with Gasteiger partial charge in [0.15, 0.2) is 0 Å². The second-order valence-electron chi connectivity index (χ2n) is 4.97. The van der Waals surface area contributed by atoms with Gasteiger partial charge in [0.05, 0.1) is 11.5 Å². The number of aliphatic hydroxyl groups is 1. The van der Waals surface area contributed by atoms with Crippen LogP contribution in [0.4, 0.5) is 0 Å². The molecule has 0 spiro atoms. The molecule has 0 fully saturated rings. The fourth-order valence-corrected chi connectivity index (χ4v) is 1.35. The van der Waals surface area contributed by atoms with Gasteiger partial charge in [-0.3, -0.25) is 4.79 Å². The van der Waals surface area contributed by atoms with E-state index >= 15 is 0 Å². The minimum absolute atomic E-state index is 0.109. The molecule has 0 saturated heterocycles. The summed E-state index contributed by atoms with van der Waals surface area (Å²) in [6.07, 6.45) is 0.196. The van der Waals surface area contributed by atoms with Crippen LogP contribution in [0.3, 0.4) is 0 Å². The van der Waals surface area contributed by atoms with E-state index in [4.69, 9.17) is 9.84 Å². The number of aliphatic carboxylic acids is 1. The molecule has 0 radical (unpaired) electrons. The Morgan fingerprint density at radius 1 is 1.33 bits per heavy atom. The molecule has 1 rings (SSSR count). The van der Waals surface area contributed by atoms with E-state index in [0.29, 0.717) is 12.2 Å². The van der Waals surface area contributed by atoms with Crippen molar-refractivity contribution in [2.45, 2.75) is 33.3 Å². The van der Waals surface area contributed by atoms with Gasteiger partial charge in [-0.15, -0.1) is 0 Å². The molecule has 1 aromatic rings. The van der Waals surface area contributed by atoms with Crippen LogP contribution in [0.25, 0.3) is 0 Å². The first-order valence-electron chi connectivity index (χ1n) is 6.01. The van der Waals surface area contributed by atoms with Gasteiger partial charge in [0.2, 0.25) is 0 Å². The number of carboxylic acid groups (broad SMARTS) is 1. The fraction of sp³-hybridized carbons (Fsp3) is 0.500. The molecule has 0 aromatic heterocycles. The normalized spacial score (nSPS) is 13.1. The smallest absolute Gasteiger partial charge is 0.312 e. The van der Waals surface area contributed by atoms with Crippen LogP contribution < -0.4 is 4.74 Å². The molecule has 0 saturated carbocycles. The third-order valence-electron chi connectivity index (χ3n) is 2.83. The van der Waals surface area contributed by atoms with Crippen LogP contribution in [0.1, 0.15) is 38.9 Å². The molecule has 0 unspecified atom stereocenters. The van der Waals surface area contributed by atoms with Crippen LogP contribution in [0.15, 0.2) is 24.3 Å². The lowest BCUT2D eigenvalue weighted by Gasteiger charge is -2.19. The molecular weight excluding hydrogens is 232 g/mol. The second-order valence-corrected chi connectivity index (χ2v) is 4.97. The topological polar surface area (TPSA) is 66.8 Å². The minimum atomic E-state index is -0.915. The predicted octanol–water partition coefficient (Wildman–Crippen LogP) is 2.62. The molecule has 100 valence electrons. The number of carbonyl (C=O) groups is 1. The summed E-state index contributed by atoms with van der Waals surface area (Å²) in [6, 6.07) is 7.06. The quantitative estimate of drug-likeness (QED) is 0.816. The highest BCUT2D eigenvalue weighted by molar-refractivity contribution is 5.73. The van der Waals surface area contributed by atoms with E-state index in [2.05, 4.69) is 0 Å². The lowest BCUT2D eigenvalue weighted by Crippen LogP contribution is -2.30. The summed E-state index contributed by atoms with van der Waals surface area (Å²) < 4.78 is 5.44. The third-order valence-corrected chi connectivity index (χ3v) is 2.83. The Kier molecular flexibility index (Phi) is 4.73. The number of ether oxygens (including phenoxy) is 1. The monoisotopic (exact) mass is 252 g/mol. The zero-order valence-electron chi connectivity index (χ0n) is 11.0. The van der Waals surface area contributed by atoms with E-state index in [1.165, 1.54) is 0 Å². The highest BCUT2D eigenvalue weighted by Crippen LogP contribution is 2.22. The predicted molar refractivity (Wildman–Crippen MR) is 68.6 cm³/mol. The van der Waals surface area contributed by atoms with Crippen LogP contribution in [0.2, 0.25) is 0 Å². The molecule has 1 atom stereocenters.